The van der Waals surface area contributed by atoms with Crippen LogP contribution in [0.4, 0.5) is 0 Å². The average molecular weight is 474 g/mol. The maximum Gasteiger partial charge on any atom is 0.291 e. The standard InChI is InChI=1S/C20H16BrN3O4S/c1-26-14-9-12(10-15(27-2)17(14)28-3)18-22-20-24(23-18)19(25)16(29-20)8-11-5-4-6-13(21)7-11/h4-10H,1-3H3/b16-8+. The van der Waals surface area contributed by atoms with Gasteiger partial charge in [0.1, 0.15) is 0 Å². The topological polar surface area (TPSA) is 75.0 Å². The van der Waals surface area contributed by atoms with E-state index < -0.39 is 0 Å². The van der Waals surface area contributed by atoms with Crippen molar-refractivity contribution in [2.24, 2.45) is 0 Å². The fraction of sp³-hybridized carbons (Fsp3) is 0.150. The van der Waals surface area contributed by atoms with E-state index in [4.69, 9.17) is 14.2 Å². The van der Waals surface area contributed by atoms with Gasteiger partial charge in [0.05, 0.1) is 25.9 Å². The number of methoxy groups -OCH3 is 3. The smallest absolute Gasteiger partial charge is 0.291 e. The summed E-state index contributed by atoms with van der Waals surface area (Å²) in [4.78, 5) is 17.8. The zero-order chi connectivity index (χ0) is 20.5. The minimum Gasteiger partial charge on any atom is -0.493 e. The summed E-state index contributed by atoms with van der Waals surface area (Å²) >= 11 is 4.72. The van der Waals surface area contributed by atoms with Crippen molar-refractivity contribution in [3.8, 4) is 28.6 Å². The second-order valence-corrected chi connectivity index (χ2v) is 7.94. The van der Waals surface area contributed by atoms with Gasteiger partial charge < -0.3 is 14.2 Å². The van der Waals surface area contributed by atoms with E-state index in [9.17, 15) is 4.79 Å². The minimum atomic E-state index is -0.212. The molecule has 4 rings (SSSR count). The predicted molar refractivity (Wildman–Crippen MR) is 115 cm³/mol. The number of nitrogens with zero attached hydrogens (tertiary/aromatic N) is 3. The molecule has 2 heterocycles. The van der Waals surface area contributed by atoms with Gasteiger partial charge in [0.15, 0.2) is 17.3 Å². The summed E-state index contributed by atoms with van der Waals surface area (Å²) in [6.45, 7) is 0. The van der Waals surface area contributed by atoms with Crippen LogP contribution in [0.25, 0.3) is 22.4 Å². The highest BCUT2D eigenvalue weighted by molar-refractivity contribution is 9.10. The van der Waals surface area contributed by atoms with Crippen molar-refractivity contribution < 1.29 is 14.2 Å². The van der Waals surface area contributed by atoms with Gasteiger partial charge in [-0.25, -0.2) is 0 Å². The number of ether oxygens (including phenoxy) is 3. The van der Waals surface area contributed by atoms with Gasteiger partial charge in [0, 0.05) is 10.0 Å². The molecule has 2 aromatic carbocycles. The Bertz CT molecular complexity index is 1290. The van der Waals surface area contributed by atoms with Gasteiger partial charge in [0.2, 0.25) is 10.7 Å². The van der Waals surface area contributed by atoms with E-state index in [1.165, 1.54) is 23.0 Å². The van der Waals surface area contributed by atoms with Crippen molar-refractivity contribution in [1.29, 1.82) is 0 Å². The molecule has 0 atom stereocenters. The monoisotopic (exact) mass is 473 g/mol. The second kappa shape index (κ2) is 7.84. The number of thiazole rings is 1. The quantitative estimate of drug-likeness (QED) is 0.443. The zero-order valence-electron chi connectivity index (χ0n) is 15.8. The van der Waals surface area contributed by atoms with Gasteiger partial charge in [-0.1, -0.05) is 39.4 Å². The summed E-state index contributed by atoms with van der Waals surface area (Å²) in [6.07, 6.45) is 1.83. The highest BCUT2D eigenvalue weighted by Crippen LogP contribution is 2.40. The molecule has 0 radical (unpaired) electrons. The maximum atomic E-state index is 12.8. The molecule has 0 aliphatic rings. The van der Waals surface area contributed by atoms with Crippen molar-refractivity contribution in [3.63, 3.8) is 0 Å². The van der Waals surface area contributed by atoms with Crippen LogP contribution < -0.4 is 24.3 Å². The Labute approximate surface area is 178 Å². The maximum absolute atomic E-state index is 12.8. The lowest BCUT2D eigenvalue weighted by atomic mass is 10.1. The van der Waals surface area contributed by atoms with Crippen LogP contribution in [0.5, 0.6) is 17.2 Å². The molecule has 0 aliphatic heterocycles. The number of hydrogen-bond acceptors (Lipinski definition) is 7. The number of fused-ring (bicyclic) bond motifs is 1. The molecule has 0 aliphatic carbocycles. The number of benzene rings is 2. The third kappa shape index (κ3) is 3.58. The Morgan fingerprint density at radius 3 is 2.38 bits per heavy atom. The van der Waals surface area contributed by atoms with E-state index >= 15 is 0 Å². The number of aromatic nitrogens is 3. The van der Waals surface area contributed by atoms with Crippen molar-refractivity contribution in [2.75, 3.05) is 21.3 Å². The molecule has 0 fully saturated rings. The lowest BCUT2D eigenvalue weighted by molar-refractivity contribution is 0.324. The largest absolute Gasteiger partial charge is 0.493 e. The van der Waals surface area contributed by atoms with Gasteiger partial charge in [-0.05, 0) is 35.9 Å². The second-order valence-electron chi connectivity index (χ2n) is 6.01. The SMILES string of the molecule is COc1cc(-c2nc3s/c(=C/c4cccc(Br)c4)c(=O)n3n2)cc(OC)c1OC. The third-order valence-corrected chi connectivity index (χ3v) is 5.70. The first kappa shape index (κ1) is 19.4. The molecule has 7 nitrogen and oxygen atoms in total. The Kier molecular flexibility index (Phi) is 5.25. The number of halogens is 1. The van der Waals surface area contributed by atoms with E-state index in [-0.39, 0.29) is 5.56 Å². The van der Waals surface area contributed by atoms with E-state index in [2.05, 4.69) is 26.0 Å². The van der Waals surface area contributed by atoms with E-state index in [0.717, 1.165) is 10.0 Å². The van der Waals surface area contributed by atoms with Crippen LogP contribution in [0, 0.1) is 0 Å². The normalized spacial score (nSPS) is 11.8. The Morgan fingerprint density at radius 1 is 1.07 bits per heavy atom. The van der Waals surface area contributed by atoms with Crippen molar-refractivity contribution >= 4 is 38.3 Å². The molecule has 4 aromatic rings. The lowest BCUT2D eigenvalue weighted by Crippen LogP contribution is -2.23. The van der Waals surface area contributed by atoms with Gasteiger partial charge in [-0.3, -0.25) is 4.79 Å². The summed E-state index contributed by atoms with van der Waals surface area (Å²) in [7, 11) is 4.62. The molecule has 9 heteroatoms. The molecule has 29 heavy (non-hydrogen) atoms. The number of rotatable bonds is 5. The molecular formula is C20H16BrN3O4S. The van der Waals surface area contributed by atoms with Gasteiger partial charge >= 0.3 is 0 Å². The molecule has 2 aromatic heterocycles. The van der Waals surface area contributed by atoms with E-state index in [1.807, 2.05) is 30.3 Å². The molecular weight excluding hydrogens is 458 g/mol. The zero-order valence-corrected chi connectivity index (χ0v) is 18.2. The molecule has 0 saturated heterocycles. The van der Waals surface area contributed by atoms with Crippen molar-refractivity contribution in [3.05, 3.63) is 61.3 Å². The van der Waals surface area contributed by atoms with E-state index in [1.54, 1.807) is 26.4 Å². The molecule has 0 spiro atoms. The van der Waals surface area contributed by atoms with Crippen LogP contribution in [-0.4, -0.2) is 35.9 Å². The van der Waals surface area contributed by atoms with Crippen LogP contribution in [0.15, 0.2) is 45.7 Å². The Hall–Kier alpha value is -2.91. The van der Waals surface area contributed by atoms with Crippen LogP contribution in [0.1, 0.15) is 5.56 Å². The summed E-state index contributed by atoms with van der Waals surface area (Å²) in [5.74, 6) is 1.87. The molecule has 148 valence electrons. The van der Waals surface area contributed by atoms with Crippen LogP contribution in [0.3, 0.4) is 0 Å². The predicted octanol–water partition coefficient (Wildman–Crippen LogP) is 3.15. The first-order chi connectivity index (χ1) is 14.0. The summed E-state index contributed by atoms with van der Waals surface area (Å²) in [6, 6.07) is 11.2. The lowest BCUT2D eigenvalue weighted by Gasteiger charge is -2.12. The van der Waals surface area contributed by atoms with Crippen molar-refractivity contribution in [2.45, 2.75) is 0 Å². The third-order valence-electron chi connectivity index (χ3n) is 4.25. The fourth-order valence-electron chi connectivity index (χ4n) is 2.91. The summed E-state index contributed by atoms with van der Waals surface area (Å²) < 4.78 is 18.9. The summed E-state index contributed by atoms with van der Waals surface area (Å²) in [5, 5.41) is 4.39. The van der Waals surface area contributed by atoms with Gasteiger partial charge in [-0.15, -0.1) is 5.10 Å². The van der Waals surface area contributed by atoms with Crippen LogP contribution >= 0.6 is 27.3 Å². The molecule has 0 unspecified atom stereocenters. The first-order valence-corrected chi connectivity index (χ1v) is 10.1. The van der Waals surface area contributed by atoms with Crippen LogP contribution in [0.2, 0.25) is 0 Å². The molecule has 0 N–H and O–H groups in total. The van der Waals surface area contributed by atoms with E-state index in [0.29, 0.717) is 38.1 Å². The minimum absolute atomic E-state index is 0.212. The summed E-state index contributed by atoms with van der Waals surface area (Å²) in [5.41, 5.74) is 1.37. The number of hydrogen-bond donors (Lipinski definition) is 0. The Balaban J connectivity index is 1.81. The Morgan fingerprint density at radius 2 is 1.79 bits per heavy atom. The molecule has 0 saturated carbocycles. The fourth-order valence-corrected chi connectivity index (χ4v) is 4.24. The molecule has 0 bridgehead atoms. The van der Waals surface area contributed by atoms with Crippen molar-refractivity contribution in [1.82, 2.24) is 14.6 Å². The van der Waals surface area contributed by atoms with Gasteiger partial charge in [0.25, 0.3) is 5.56 Å². The first-order valence-electron chi connectivity index (χ1n) is 8.51. The average Bonchev–Trinajstić information content (AvgIpc) is 3.26. The highest BCUT2D eigenvalue weighted by Gasteiger charge is 2.18. The highest BCUT2D eigenvalue weighted by atomic mass is 79.9. The van der Waals surface area contributed by atoms with Gasteiger partial charge in [-0.2, -0.15) is 9.50 Å². The van der Waals surface area contributed by atoms with Crippen LogP contribution in [-0.2, 0) is 0 Å². The molecule has 0 amide bonds.